The van der Waals surface area contributed by atoms with Crippen molar-refractivity contribution in [2.45, 2.75) is 71.0 Å². The van der Waals surface area contributed by atoms with Gasteiger partial charge in [-0.05, 0) is 62.1 Å². The number of oxazole rings is 1. The van der Waals surface area contributed by atoms with Gasteiger partial charge in [0, 0.05) is 29.2 Å². The Morgan fingerprint density at radius 1 is 1.23 bits per heavy atom. The number of anilines is 1. The van der Waals surface area contributed by atoms with E-state index in [1.165, 1.54) is 19.3 Å². The van der Waals surface area contributed by atoms with Gasteiger partial charge in [0.15, 0.2) is 5.58 Å². The molecule has 1 aromatic heterocycles. The van der Waals surface area contributed by atoms with E-state index in [2.05, 4.69) is 29.0 Å². The third-order valence-electron chi connectivity index (χ3n) is 6.24. The summed E-state index contributed by atoms with van der Waals surface area (Å²) >= 11 is 6.05. The average Bonchev–Trinajstić information content (AvgIpc) is 3.20. The Kier molecular flexibility index (Phi) is 6.81. The Morgan fingerprint density at radius 2 is 2.03 bits per heavy atom. The molecule has 0 radical (unpaired) electrons. The smallest absolute Gasteiger partial charge is 0.295 e. The van der Waals surface area contributed by atoms with Crippen LogP contribution in [0.15, 0.2) is 46.9 Å². The highest BCUT2D eigenvalue weighted by atomic mass is 35.5. The number of nitrogens with zero attached hydrogens (tertiary/aromatic N) is 2. The van der Waals surface area contributed by atoms with Crippen LogP contribution in [0.1, 0.15) is 68.3 Å². The van der Waals surface area contributed by atoms with Crippen LogP contribution in [0.4, 0.5) is 6.01 Å². The summed E-state index contributed by atoms with van der Waals surface area (Å²) in [5.41, 5.74) is 3.07. The molecular formula is C25H30ClN3O2. The predicted molar refractivity (Wildman–Crippen MR) is 126 cm³/mol. The number of nitrogens with one attached hydrogen (secondary N) is 1. The fraction of sp³-hybridized carbons (Fsp3) is 0.440. The third kappa shape index (κ3) is 5.04. The summed E-state index contributed by atoms with van der Waals surface area (Å²) in [4.78, 5) is 20.1. The van der Waals surface area contributed by atoms with E-state index in [1.54, 1.807) is 0 Å². The van der Waals surface area contributed by atoms with Crippen LogP contribution in [0.3, 0.4) is 0 Å². The van der Waals surface area contributed by atoms with Crippen molar-refractivity contribution in [1.82, 2.24) is 9.88 Å². The van der Waals surface area contributed by atoms with Crippen molar-refractivity contribution in [2.75, 3.05) is 5.32 Å². The number of amides is 1. The maximum Gasteiger partial charge on any atom is 0.295 e. The molecule has 4 rings (SSSR count). The normalized spacial score (nSPS) is 15.7. The van der Waals surface area contributed by atoms with Gasteiger partial charge in [-0.25, -0.2) is 0 Å². The molecule has 1 aliphatic rings. The van der Waals surface area contributed by atoms with E-state index in [0.717, 1.165) is 24.8 Å². The van der Waals surface area contributed by atoms with E-state index in [9.17, 15) is 4.79 Å². The second-order valence-corrected chi connectivity index (χ2v) is 8.88. The quantitative estimate of drug-likeness (QED) is 0.446. The van der Waals surface area contributed by atoms with Gasteiger partial charge in [-0.3, -0.25) is 4.79 Å². The van der Waals surface area contributed by atoms with Crippen LogP contribution < -0.4 is 5.32 Å². The second kappa shape index (κ2) is 9.73. The molecule has 1 unspecified atom stereocenters. The zero-order valence-electron chi connectivity index (χ0n) is 18.2. The lowest BCUT2D eigenvalue weighted by Crippen LogP contribution is -2.46. The molecule has 1 N–H and O–H groups in total. The van der Waals surface area contributed by atoms with E-state index >= 15 is 0 Å². The largest absolute Gasteiger partial charge is 0.424 e. The second-order valence-electron chi connectivity index (χ2n) is 8.45. The lowest BCUT2D eigenvalue weighted by atomic mass is 9.92. The third-order valence-corrected chi connectivity index (χ3v) is 6.47. The van der Waals surface area contributed by atoms with E-state index in [0.29, 0.717) is 40.3 Å². The SMILES string of the molecule is CCC(C)N(C(=O)c1ccc2oc(NCc3cccc(Cl)c3)nc2c1)C1CCCCC1. The van der Waals surface area contributed by atoms with Crippen LogP contribution in [-0.4, -0.2) is 27.9 Å². The van der Waals surface area contributed by atoms with Gasteiger partial charge in [-0.15, -0.1) is 0 Å². The van der Waals surface area contributed by atoms with Gasteiger partial charge < -0.3 is 14.6 Å². The maximum absolute atomic E-state index is 13.5. The minimum absolute atomic E-state index is 0.0968. The Morgan fingerprint density at radius 3 is 2.77 bits per heavy atom. The highest BCUT2D eigenvalue weighted by molar-refractivity contribution is 6.30. The molecule has 0 aliphatic heterocycles. The van der Waals surface area contributed by atoms with Crippen LogP contribution in [0.25, 0.3) is 11.1 Å². The first kappa shape index (κ1) is 21.7. The Bertz CT molecular complexity index is 1040. The first-order valence-electron chi connectivity index (χ1n) is 11.3. The van der Waals surface area contributed by atoms with Gasteiger partial charge in [-0.1, -0.05) is 49.9 Å². The molecule has 6 heteroatoms. The maximum atomic E-state index is 13.5. The van der Waals surface area contributed by atoms with Crippen LogP contribution in [0.2, 0.25) is 5.02 Å². The number of rotatable bonds is 7. The van der Waals surface area contributed by atoms with Crippen molar-refractivity contribution < 1.29 is 9.21 Å². The molecule has 1 saturated carbocycles. The zero-order chi connectivity index (χ0) is 21.8. The van der Waals surface area contributed by atoms with Crippen LogP contribution in [-0.2, 0) is 6.54 Å². The molecule has 0 spiro atoms. The molecule has 164 valence electrons. The standard InChI is InChI=1S/C25H30ClN3O2/c1-3-17(2)29(21-10-5-4-6-11-21)24(30)19-12-13-23-22(15-19)28-25(31-23)27-16-18-8-7-9-20(26)14-18/h7-9,12-15,17,21H,3-6,10-11,16H2,1-2H3,(H,27,28). The molecule has 3 aromatic rings. The molecule has 2 aromatic carbocycles. The van der Waals surface area contributed by atoms with Crippen LogP contribution in [0, 0.1) is 0 Å². The van der Waals surface area contributed by atoms with E-state index < -0.39 is 0 Å². The van der Waals surface area contributed by atoms with Crippen LogP contribution >= 0.6 is 11.6 Å². The Hall–Kier alpha value is -2.53. The fourth-order valence-electron chi connectivity index (χ4n) is 4.39. The molecular weight excluding hydrogens is 410 g/mol. The molecule has 1 amide bonds. The molecule has 1 aliphatic carbocycles. The number of aromatic nitrogens is 1. The van der Waals surface area contributed by atoms with Crippen molar-refractivity contribution in [1.29, 1.82) is 0 Å². The molecule has 31 heavy (non-hydrogen) atoms. The van der Waals surface area contributed by atoms with Crippen molar-refractivity contribution in [3.63, 3.8) is 0 Å². The number of hydrogen-bond acceptors (Lipinski definition) is 4. The summed E-state index contributed by atoms with van der Waals surface area (Å²) in [7, 11) is 0. The van der Waals surface area contributed by atoms with Gasteiger partial charge in [0.05, 0.1) is 0 Å². The van der Waals surface area contributed by atoms with Crippen molar-refractivity contribution in [3.05, 3.63) is 58.6 Å². The number of fused-ring (bicyclic) bond motifs is 1. The minimum Gasteiger partial charge on any atom is -0.424 e. The van der Waals surface area contributed by atoms with Gasteiger partial charge in [0.25, 0.3) is 11.9 Å². The van der Waals surface area contributed by atoms with Crippen molar-refractivity contribution in [2.24, 2.45) is 0 Å². The number of carbonyl (C=O) groups excluding carboxylic acids is 1. The molecule has 5 nitrogen and oxygen atoms in total. The number of halogens is 1. The number of carbonyl (C=O) groups is 1. The molecule has 0 saturated heterocycles. The highest BCUT2D eigenvalue weighted by Gasteiger charge is 2.29. The van der Waals surface area contributed by atoms with E-state index in [-0.39, 0.29) is 11.9 Å². The molecule has 1 fully saturated rings. The topological polar surface area (TPSA) is 58.4 Å². The van der Waals surface area contributed by atoms with Gasteiger partial charge in [-0.2, -0.15) is 4.98 Å². The zero-order valence-corrected chi connectivity index (χ0v) is 19.0. The van der Waals surface area contributed by atoms with E-state index in [1.807, 2.05) is 42.5 Å². The fourth-order valence-corrected chi connectivity index (χ4v) is 4.60. The average molecular weight is 440 g/mol. The molecule has 0 bridgehead atoms. The number of benzene rings is 2. The first-order chi connectivity index (χ1) is 15.0. The Labute approximate surface area is 188 Å². The number of hydrogen-bond donors (Lipinski definition) is 1. The van der Waals surface area contributed by atoms with Gasteiger partial charge >= 0.3 is 0 Å². The lowest BCUT2D eigenvalue weighted by molar-refractivity contribution is 0.0528. The first-order valence-corrected chi connectivity index (χ1v) is 11.6. The molecule has 1 heterocycles. The van der Waals surface area contributed by atoms with Crippen LogP contribution in [0.5, 0.6) is 0 Å². The highest BCUT2D eigenvalue weighted by Crippen LogP contribution is 2.28. The lowest BCUT2D eigenvalue weighted by Gasteiger charge is -2.38. The minimum atomic E-state index is 0.0968. The van der Waals surface area contributed by atoms with E-state index in [4.69, 9.17) is 16.0 Å². The summed E-state index contributed by atoms with van der Waals surface area (Å²) in [5, 5.41) is 3.89. The van der Waals surface area contributed by atoms with Crippen molar-refractivity contribution in [3.8, 4) is 0 Å². The molecule has 1 atom stereocenters. The summed E-state index contributed by atoms with van der Waals surface area (Å²) in [6.45, 7) is 4.86. The predicted octanol–water partition coefficient (Wildman–Crippen LogP) is 6.67. The summed E-state index contributed by atoms with van der Waals surface area (Å²) < 4.78 is 5.82. The monoisotopic (exact) mass is 439 g/mol. The van der Waals surface area contributed by atoms with Gasteiger partial charge in [0.1, 0.15) is 5.52 Å². The summed E-state index contributed by atoms with van der Waals surface area (Å²) in [6, 6.07) is 14.2. The van der Waals surface area contributed by atoms with Gasteiger partial charge in [0.2, 0.25) is 0 Å². The Balaban J connectivity index is 1.52. The summed E-state index contributed by atoms with van der Waals surface area (Å²) in [6.07, 6.45) is 6.82. The van der Waals surface area contributed by atoms with Crippen molar-refractivity contribution >= 4 is 34.6 Å². The summed E-state index contributed by atoms with van der Waals surface area (Å²) in [5.74, 6) is 0.0968.